The van der Waals surface area contributed by atoms with Crippen molar-refractivity contribution in [2.24, 2.45) is 0 Å². The van der Waals surface area contributed by atoms with Gasteiger partial charge >= 0.3 is 0 Å². The molecule has 0 spiro atoms. The Morgan fingerprint density at radius 3 is 2.43 bits per heavy atom. The van der Waals surface area contributed by atoms with E-state index in [-0.39, 0.29) is 29.6 Å². The minimum absolute atomic E-state index is 0.0676. The maximum atomic E-state index is 12.9. The zero-order valence-electron chi connectivity index (χ0n) is 16.7. The van der Waals surface area contributed by atoms with Crippen molar-refractivity contribution in [2.45, 2.75) is 11.4 Å². The van der Waals surface area contributed by atoms with Crippen molar-refractivity contribution in [3.8, 4) is 0 Å². The van der Waals surface area contributed by atoms with Crippen LogP contribution in [0.3, 0.4) is 0 Å². The van der Waals surface area contributed by atoms with Crippen LogP contribution in [0.15, 0.2) is 53.4 Å². The topological polar surface area (TPSA) is 95.8 Å². The van der Waals surface area contributed by atoms with E-state index in [1.807, 2.05) is 41.5 Å². The minimum atomic E-state index is -0.523. The molecule has 1 saturated heterocycles. The van der Waals surface area contributed by atoms with Crippen molar-refractivity contribution < 1.29 is 14.5 Å². The monoisotopic (exact) mass is 428 g/mol. The fourth-order valence-electron chi connectivity index (χ4n) is 3.31. The molecule has 0 bridgehead atoms. The number of piperazine rings is 1. The lowest BCUT2D eigenvalue weighted by Gasteiger charge is -2.34. The second kappa shape index (κ2) is 10.2. The fourth-order valence-corrected chi connectivity index (χ4v) is 3.75. The van der Waals surface area contributed by atoms with Gasteiger partial charge in [-0.1, -0.05) is 30.3 Å². The molecule has 9 heteroatoms. The summed E-state index contributed by atoms with van der Waals surface area (Å²) in [5.74, 6) is -0.410. The quantitative estimate of drug-likeness (QED) is 0.413. The van der Waals surface area contributed by atoms with Gasteiger partial charge in [-0.15, -0.1) is 11.8 Å². The van der Waals surface area contributed by atoms with Gasteiger partial charge in [0.2, 0.25) is 5.91 Å². The highest BCUT2D eigenvalue weighted by Crippen LogP contribution is 2.26. The molecule has 1 N–H and O–H groups in total. The first kappa shape index (κ1) is 21.8. The van der Waals surface area contributed by atoms with Gasteiger partial charge in [-0.05, 0) is 24.0 Å². The Morgan fingerprint density at radius 2 is 1.80 bits per heavy atom. The highest BCUT2D eigenvalue weighted by molar-refractivity contribution is 7.98. The lowest BCUT2D eigenvalue weighted by Crippen LogP contribution is -2.51. The van der Waals surface area contributed by atoms with Crippen molar-refractivity contribution in [3.63, 3.8) is 0 Å². The zero-order valence-corrected chi connectivity index (χ0v) is 17.6. The number of nitrogens with zero attached hydrogens (tertiary/aromatic N) is 3. The number of nitro groups is 1. The predicted octanol–water partition coefficient (Wildman–Crippen LogP) is 2.39. The van der Waals surface area contributed by atoms with E-state index < -0.39 is 4.92 Å². The van der Waals surface area contributed by atoms with E-state index in [9.17, 15) is 19.7 Å². The first-order chi connectivity index (χ1) is 14.5. The van der Waals surface area contributed by atoms with Gasteiger partial charge in [0.25, 0.3) is 11.6 Å². The van der Waals surface area contributed by atoms with Crippen LogP contribution in [-0.2, 0) is 11.3 Å². The molecule has 1 fully saturated rings. The van der Waals surface area contributed by atoms with Crippen molar-refractivity contribution in [3.05, 3.63) is 69.8 Å². The van der Waals surface area contributed by atoms with Crippen LogP contribution >= 0.6 is 11.8 Å². The Kier molecular flexibility index (Phi) is 7.42. The third-order valence-corrected chi connectivity index (χ3v) is 5.72. The van der Waals surface area contributed by atoms with Crippen molar-refractivity contribution in [1.82, 2.24) is 15.1 Å². The predicted molar refractivity (Wildman–Crippen MR) is 116 cm³/mol. The second-order valence-corrected chi connectivity index (χ2v) is 7.85. The van der Waals surface area contributed by atoms with Gasteiger partial charge in [0.05, 0.1) is 11.5 Å². The minimum Gasteiger partial charge on any atom is -0.351 e. The summed E-state index contributed by atoms with van der Waals surface area (Å²) in [4.78, 5) is 40.3. The fraction of sp³-hybridized carbons (Fsp3) is 0.333. The maximum Gasteiger partial charge on any atom is 0.282 e. The molecule has 158 valence electrons. The molecule has 0 unspecified atom stereocenters. The van der Waals surface area contributed by atoms with E-state index in [4.69, 9.17) is 0 Å². The molecule has 8 nitrogen and oxygen atoms in total. The molecule has 0 aromatic heterocycles. The van der Waals surface area contributed by atoms with E-state index >= 15 is 0 Å². The number of carbonyl (C=O) groups is 2. The molecule has 2 aromatic rings. The Balaban J connectivity index is 1.53. The summed E-state index contributed by atoms with van der Waals surface area (Å²) in [6.07, 6.45) is 1.86. The third kappa shape index (κ3) is 5.58. The molecule has 0 atom stereocenters. The normalized spacial score (nSPS) is 14.4. The standard InChI is InChI=1S/C21H24N4O4S/c1-30-17-7-8-19(25(28)29)18(13-17)21(27)24-11-9-23(10-12-24)15-20(26)22-14-16-5-3-2-4-6-16/h2-8,13H,9-12,14-15H2,1H3,(H,22,26). The maximum absolute atomic E-state index is 12.9. The number of nitrogens with one attached hydrogen (secondary N) is 1. The van der Waals surface area contributed by atoms with Gasteiger partial charge in [-0.3, -0.25) is 24.6 Å². The molecule has 1 aliphatic rings. The van der Waals surface area contributed by atoms with Crippen molar-refractivity contribution >= 4 is 29.3 Å². The Labute approximate surface area is 179 Å². The molecular formula is C21H24N4O4S. The number of benzene rings is 2. The number of hydrogen-bond acceptors (Lipinski definition) is 6. The zero-order chi connectivity index (χ0) is 21.5. The van der Waals surface area contributed by atoms with Crippen LogP contribution in [0, 0.1) is 10.1 Å². The number of thioether (sulfide) groups is 1. The van der Waals surface area contributed by atoms with Crippen LogP contribution in [-0.4, -0.2) is 65.5 Å². The third-order valence-electron chi connectivity index (χ3n) is 4.99. The van der Waals surface area contributed by atoms with Crippen LogP contribution in [0.4, 0.5) is 5.69 Å². The average molecular weight is 429 g/mol. The van der Waals surface area contributed by atoms with Gasteiger partial charge in [-0.25, -0.2) is 0 Å². The highest BCUT2D eigenvalue weighted by Gasteiger charge is 2.28. The summed E-state index contributed by atoms with van der Waals surface area (Å²) in [6.45, 7) is 2.67. The second-order valence-electron chi connectivity index (χ2n) is 6.97. The van der Waals surface area contributed by atoms with Gasteiger partial charge in [-0.2, -0.15) is 0 Å². The number of nitro benzene ring substituents is 1. The van der Waals surface area contributed by atoms with E-state index in [1.165, 1.54) is 17.8 Å². The SMILES string of the molecule is CSc1ccc([N+](=O)[O-])c(C(=O)N2CCN(CC(=O)NCc3ccccc3)CC2)c1. The summed E-state index contributed by atoms with van der Waals surface area (Å²) in [5.41, 5.74) is 0.969. The number of carbonyl (C=O) groups excluding carboxylic acids is 2. The summed E-state index contributed by atoms with van der Waals surface area (Å²) < 4.78 is 0. The average Bonchev–Trinajstić information content (AvgIpc) is 2.78. The summed E-state index contributed by atoms with van der Waals surface area (Å²) >= 11 is 1.43. The molecule has 30 heavy (non-hydrogen) atoms. The Bertz CT molecular complexity index is 914. The lowest BCUT2D eigenvalue weighted by molar-refractivity contribution is -0.385. The van der Waals surface area contributed by atoms with Crippen LogP contribution in [0.1, 0.15) is 15.9 Å². The first-order valence-corrected chi connectivity index (χ1v) is 10.8. The van der Waals surface area contributed by atoms with Crippen LogP contribution in [0.2, 0.25) is 0 Å². The van der Waals surface area contributed by atoms with E-state index in [1.54, 1.807) is 17.0 Å². The summed E-state index contributed by atoms with van der Waals surface area (Å²) in [7, 11) is 0. The molecule has 0 saturated carbocycles. The Morgan fingerprint density at radius 1 is 1.10 bits per heavy atom. The van der Waals surface area contributed by atoms with Crippen molar-refractivity contribution in [1.29, 1.82) is 0 Å². The molecule has 2 amide bonds. The summed E-state index contributed by atoms with van der Waals surface area (Å²) in [5, 5.41) is 14.2. The van der Waals surface area contributed by atoms with E-state index in [0.717, 1.165) is 10.5 Å². The van der Waals surface area contributed by atoms with Gasteiger partial charge in [0.15, 0.2) is 0 Å². The number of rotatable bonds is 7. The molecule has 0 aliphatic carbocycles. The molecule has 1 aliphatic heterocycles. The van der Waals surface area contributed by atoms with E-state index in [0.29, 0.717) is 32.7 Å². The van der Waals surface area contributed by atoms with Crippen LogP contribution in [0.5, 0.6) is 0 Å². The van der Waals surface area contributed by atoms with Gasteiger partial charge in [0.1, 0.15) is 5.56 Å². The molecule has 0 radical (unpaired) electrons. The molecule has 1 heterocycles. The molecule has 2 aromatic carbocycles. The molecular weight excluding hydrogens is 404 g/mol. The lowest BCUT2D eigenvalue weighted by atomic mass is 10.1. The van der Waals surface area contributed by atoms with Crippen LogP contribution < -0.4 is 5.32 Å². The van der Waals surface area contributed by atoms with Gasteiger partial charge in [0, 0.05) is 43.7 Å². The first-order valence-electron chi connectivity index (χ1n) is 9.62. The van der Waals surface area contributed by atoms with E-state index in [2.05, 4.69) is 5.32 Å². The molecule has 3 rings (SSSR count). The van der Waals surface area contributed by atoms with Crippen molar-refractivity contribution in [2.75, 3.05) is 39.0 Å². The summed E-state index contributed by atoms with van der Waals surface area (Å²) in [6, 6.07) is 14.3. The highest BCUT2D eigenvalue weighted by atomic mass is 32.2. The smallest absolute Gasteiger partial charge is 0.282 e. The van der Waals surface area contributed by atoms with Gasteiger partial charge < -0.3 is 10.2 Å². The Hall–Kier alpha value is -2.91. The number of amides is 2. The largest absolute Gasteiger partial charge is 0.351 e. The van der Waals surface area contributed by atoms with Crippen LogP contribution in [0.25, 0.3) is 0 Å². The number of hydrogen-bond donors (Lipinski definition) is 1.